The summed E-state index contributed by atoms with van der Waals surface area (Å²) in [4.78, 5) is 32.1. The Balaban J connectivity index is 4.64. The van der Waals surface area contributed by atoms with Crippen LogP contribution < -0.4 is 5.32 Å². The van der Waals surface area contributed by atoms with Crippen LogP contribution in [-0.2, 0) is 14.4 Å². The maximum atomic E-state index is 10.9. The van der Waals surface area contributed by atoms with Crippen molar-refractivity contribution in [3.8, 4) is 0 Å². The predicted octanol–water partition coefficient (Wildman–Crippen LogP) is -0.271. The smallest absolute Gasteiger partial charge is 0.321 e. The van der Waals surface area contributed by atoms with E-state index in [2.05, 4.69) is 5.32 Å². The Morgan fingerprint density at radius 3 is 2.00 bits per heavy atom. The van der Waals surface area contributed by atoms with Gasteiger partial charge in [-0.1, -0.05) is 0 Å². The van der Waals surface area contributed by atoms with Gasteiger partial charge in [0.25, 0.3) is 0 Å². The second-order valence-electron chi connectivity index (χ2n) is 3.37. The fourth-order valence-electron chi connectivity index (χ4n) is 1.46. The van der Waals surface area contributed by atoms with Crippen LogP contribution in [0.2, 0.25) is 0 Å². The van der Waals surface area contributed by atoms with Crippen molar-refractivity contribution in [2.75, 3.05) is 7.05 Å². The molecule has 0 aromatic rings. The summed E-state index contributed by atoms with van der Waals surface area (Å²) in [5, 5.41) is 19.9. The zero-order chi connectivity index (χ0) is 12.0. The van der Waals surface area contributed by atoms with E-state index >= 15 is 0 Å². The molecule has 0 aliphatic rings. The van der Waals surface area contributed by atoms with Crippen molar-refractivity contribution in [3.63, 3.8) is 0 Å². The van der Waals surface area contributed by atoms with E-state index in [0.29, 0.717) is 0 Å². The summed E-state index contributed by atoms with van der Waals surface area (Å²) in [5.74, 6) is -3.20. The number of carboxylic acid groups (broad SMARTS) is 2. The highest BCUT2D eigenvalue weighted by Crippen LogP contribution is 2.15. The van der Waals surface area contributed by atoms with Gasteiger partial charge in [0.1, 0.15) is 11.8 Å². The summed E-state index contributed by atoms with van der Waals surface area (Å²) < 4.78 is 0. The predicted molar refractivity (Wildman–Crippen MR) is 51.5 cm³/mol. The molecule has 0 fully saturated rings. The van der Waals surface area contributed by atoms with E-state index in [-0.39, 0.29) is 18.6 Å². The third kappa shape index (κ3) is 5.11. The van der Waals surface area contributed by atoms with Crippen LogP contribution in [0.4, 0.5) is 0 Å². The van der Waals surface area contributed by atoms with Crippen molar-refractivity contribution in [1.29, 1.82) is 0 Å². The number of rotatable bonds is 7. The van der Waals surface area contributed by atoms with Crippen LogP contribution in [0.1, 0.15) is 19.8 Å². The molecule has 15 heavy (non-hydrogen) atoms. The first-order chi connectivity index (χ1) is 6.88. The molecule has 6 heteroatoms. The molecular weight excluding hydrogens is 202 g/mol. The number of hydrogen-bond donors (Lipinski definition) is 3. The molecular formula is C9H15NO5. The number of nitrogens with one attached hydrogen (secondary N) is 1. The maximum Gasteiger partial charge on any atom is 0.321 e. The van der Waals surface area contributed by atoms with Gasteiger partial charge in [0.05, 0.1) is 6.42 Å². The Kier molecular flexibility index (Phi) is 5.54. The molecule has 0 saturated carbocycles. The highest BCUT2D eigenvalue weighted by molar-refractivity contribution is 5.80. The molecule has 0 saturated heterocycles. The molecule has 0 rings (SSSR count). The SMILES string of the molecule is CNC(C(=O)O)C(CC(C)=O)CC(=O)O. The summed E-state index contributed by atoms with van der Waals surface area (Å²) in [6.07, 6.45) is -0.387. The molecule has 3 N–H and O–H groups in total. The average Bonchev–Trinajstić information content (AvgIpc) is 2.01. The van der Waals surface area contributed by atoms with Gasteiger partial charge in [0.2, 0.25) is 0 Å². The van der Waals surface area contributed by atoms with E-state index in [0.717, 1.165) is 0 Å². The molecule has 0 aliphatic carbocycles. The summed E-state index contributed by atoms with van der Waals surface area (Å²) in [6, 6.07) is -1.01. The Morgan fingerprint density at radius 2 is 1.73 bits per heavy atom. The minimum Gasteiger partial charge on any atom is -0.481 e. The van der Waals surface area contributed by atoms with Gasteiger partial charge in [-0.25, -0.2) is 0 Å². The second-order valence-corrected chi connectivity index (χ2v) is 3.37. The first-order valence-electron chi connectivity index (χ1n) is 4.49. The van der Waals surface area contributed by atoms with Crippen molar-refractivity contribution in [2.45, 2.75) is 25.8 Å². The lowest BCUT2D eigenvalue weighted by Crippen LogP contribution is -2.42. The van der Waals surface area contributed by atoms with Crippen molar-refractivity contribution in [2.24, 2.45) is 5.92 Å². The number of carboxylic acids is 2. The van der Waals surface area contributed by atoms with E-state index in [4.69, 9.17) is 10.2 Å². The normalized spacial score (nSPS) is 14.3. The van der Waals surface area contributed by atoms with E-state index in [1.807, 2.05) is 0 Å². The number of likely N-dealkylation sites (N-methyl/N-ethyl adjacent to an activating group) is 1. The minimum atomic E-state index is -1.15. The molecule has 0 radical (unpaired) electrons. The molecule has 0 spiro atoms. The quantitative estimate of drug-likeness (QED) is 0.542. The lowest BCUT2D eigenvalue weighted by Gasteiger charge is -2.20. The molecule has 2 unspecified atom stereocenters. The van der Waals surface area contributed by atoms with Gasteiger partial charge in [-0.3, -0.25) is 9.59 Å². The third-order valence-electron chi connectivity index (χ3n) is 2.03. The molecule has 0 heterocycles. The monoisotopic (exact) mass is 217 g/mol. The van der Waals surface area contributed by atoms with Crippen LogP contribution >= 0.6 is 0 Å². The van der Waals surface area contributed by atoms with Crippen molar-refractivity contribution >= 4 is 17.7 Å². The highest BCUT2D eigenvalue weighted by Gasteiger charge is 2.29. The molecule has 0 aromatic carbocycles. The fraction of sp³-hybridized carbons (Fsp3) is 0.667. The number of hydrogen-bond acceptors (Lipinski definition) is 4. The van der Waals surface area contributed by atoms with Crippen LogP contribution in [-0.4, -0.2) is 41.0 Å². The molecule has 2 atom stereocenters. The number of carbonyl (C=O) groups excluding carboxylic acids is 1. The van der Waals surface area contributed by atoms with Gasteiger partial charge < -0.3 is 20.3 Å². The van der Waals surface area contributed by atoms with Crippen molar-refractivity contribution < 1.29 is 24.6 Å². The molecule has 0 amide bonds. The van der Waals surface area contributed by atoms with E-state index < -0.39 is 23.9 Å². The summed E-state index contributed by atoms with van der Waals surface area (Å²) in [6.45, 7) is 1.31. The average molecular weight is 217 g/mol. The van der Waals surface area contributed by atoms with Crippen LogP contribution in [0.15, 0.2) is 0 Å². The van der Waals surface area contributed by atoms with Gasteiger partial charge >= 0.3 is 11.9 Å². The maximum absolute atomic E-state index is 10.9. The largest absolute Gasteiger partial charge is 0.481 e. The van der Waals surface area contributed by atoms with Gasteiger partial charge in [0.15, 0.2) is 0 Å². The standard InChI is InChI=1S/C9H15NO5/c1-5(11)3-6(4-7(12)13)8(10-2)9(14)15/h6,8,10H,3-4H2,1-2H3,(H,12,13)(H,14,15). The van der Waals surface area contributed by atoms with E-state index in [9.17, 15) is 14.4 Å². The number of carbonyl (C=O) groups is 3. The fourth-order valence-corrected chi connectivity index (χ4v) is 1.46. The number of aliphatic carboxylic acids is 2. The summed E-state index contributed by atoms with van der Waals surface area (Å²) in [7, 11) is 1.42. The molecule has 6 nitrogen and oxygen atoms in total. The Bertz CT molecular complexity index is 247. The molecule has 0 aromatic heterocycles. The first kappa shape index (κ1) is 13.6. The lowest BCUT2D eigenvalue weighted by atomic mass is 9.91. The third-order valence-corrected chi connectivity index (χ3v) is 2.03. The Hall–Kier alpha value is -1.43. The van der Waals surface area contributed by atoms with Gasteiger partial charge in [0, 0.05) is 12.3 Å². The second kappa shape index (κ2) is 6.13. The summed E-state index contributed by atoms with van der Waals surface area (Å²) in [5.41, 5.74) is 0. The van der Waals surface area contributed by atoms with Crippen LogP contribution in [0.5, 0.6) is 0 Å². The lowest BCUT2D eigenvalue weighted by molar-refractivity contribution is -0.143. The first-order valence-corrected chi connectivity index (χ1v) is 4.49. The van der Waals surface area contributed by atoms with Crippen molar-refractivity contribution in [1.82, 2.24) is 5.32 Å². The zero-order valence-corrected chi connectivity index (χ0v) is 8.69. The molecule has 0 bridgehead atoms. The van der Waals surface area contributed by atoms with Crippen LogP contribution in [0.3, 0.4) is 0 Å². The summed E-state index contributed by atoms with van der Waals surface area (Å²) >= 11 is 0. The van der Waals surface area contributed by atoms with Gasteiger partial charge in [-0.2, -0.15) is 0 Å². The van der Waals surface area contributed by atoms with Gasteiger partial charge in [-0.05, 0) is 14.0 Å². The minimum absolute atomic E-state index is 0.0515. The molecule has 86 valence electrons. The molecule has 0 aliphatic heterocycles. The van der Waals surface area contributed by atoms with Gasteiger partial charge in [-0.15, -0.1) is 0 Å². The number of ketones is 1. The Morgan fingerprint density at radius 1 is 1.20 bits per heavy atom. The van der Waals surface area contributed by atoms with Crippen LogP contribution in [0, 0.1) is 5.92 Å². The van der Waals surface area contributed by atoms with E-state index in [1.165, 1.54) is 14.0 Å². The topological polar surface area (TPSA) is 104 Å². The van der Waals surface area contributed by atoms with Crippen molar-refractivity contribution in [3.05, 3.63) is 0 Å². The zero-order valence-electron chi connectivity index (χ0n) is 8.69. The highest BCUT2D eigenvalue weighted by atomic mass is 16.4. The van der Waals surface area contributed by atoms with E-state index in [1.54, 1.807) is 0 Å². The number of Topliss-reactive ketones (excluding diaryl/α,β-unsaturated/α-hetero) is 1. The van der Waals surface area contributed by atoms with Crippen LogP contribution in [0.25, 0.3) is 0 Å². The Labute approximate surface area is 87.3 Å².